The molecule has 1 aromatic carbocycles. The second-order valence-corrected chi connectivity index (χ2v) is 5.46. The number of hydrogen-bond donors (Lipinski definition) is 2. The van der Waals surface area contributed by atoms with Gasteiger partial charge in [0, 0.05) is 41.7 Å². The highest BCUT2D eigenvalue weighted by Crippen LogP contribution is 2.23. The number of pyridine rings is 1. The van der Waals surface area contributed by atoms with Gasteiger partial charge in [0.25, 0.3) is 0 Å². The molecule has 0 aliphatic heterocycles. The lowest BCUT2D eigenvalue weighted by atomic mass is 10.1. The van der Waals surface area contributed by atoms with Gasteiger partial charge in [0.1, 0.15) is 5.84 Å². The molecule has 5 heteroatoms. The Labute approximate surface area is 127 Å². The Morgan fingerprint density at radius 2 is 2.00 bits per heavy atom. The van der Waals surface area contributed by atoms with Gasteiger partial charge in [0.2, 0.25) is 0 Å². The van der Waals surface area contributed by atoms with E-state index in [4.69, 9.17) is 11.1 Å². The van der Waals surface area contributed by atoms with Crippen molar-refractivity contribution >= 4 is 27.5 Å². The first-order valence-corrected chi connectivity index (χ1v) is 7.11. The molecule has 2 aromatic rings. The smallest absolute Gasteiger partial charge is 0.123 e. The first kappa shape index (κ1) is 14.5. The van der Waals surface area contributed by atoms with Gasteiger partial charge in [-0.25, -0.2) is 0 Å². The van der Waals surface area contributed by atoms with Crippen LogP contribution < -0.4 is 10.6 Å². The predicted octanol–water partition coefficient (Wildman–Crippen LogP) is 2.81. The van der Waals surface area contributed by atoms with Crippen molar-refractivity contribution in [3.63, 3.8) is 0 Å². The largest absolute Gasteiger partial charge is 0.384 e. The molecule has 4 nitrogen and oxygen atoms in total. The van der Waals surface area contributed by atoms with E-state index < -0.39 is 0 Å². The Bertz CT molecular complexity index is 598. The lowest BCUT2D eigenvalue weighted by Crippen LogP contribution is -2.20. The molecule has 104 valence electrons. The summed E-state index contributed by atoms with van der Waals surface area (Å²) in [5.41, 5.74) is 8.59. The molecule has 0 unspecified atom stereocenters. The molecule has 20 heavy (non-hydrogen) atoms. The number of rotatable bonds is 5. The normalized spacial score (nSPS) is 10.3. The summed E-state index contributed by atoms with van der Waals surface area (Å²) in [6, 6.07) is 9.90. The van der Waals surface area contributed by atoms with Crippen molar-refractivity contribution in [3.8, 4) is 0 Å². The number of benzene rings is 1. The van der Waals surface area contributed by atoms with Crippen LogP contribution in [0.2, 0.25) is 0 Å². The highest BCUT2D eigenvalue weighted by Gasteiger charge is 2.07. The fourth-order valence-corrected chi connectivity index (χ4v) is 2.52. The first-order valence-electron chi connectivity index (χ1n) is 6.32. The van der Waals surface area contributed by atoms with Crippen molar-refractivity contribution in [1.82, 2.24) is 4.98 Å². The van der Waals surface area contributed by atoms with Gasteiger partial charge in [-0.2, -0.15) is 0 Å². The minimum absolute atomic E-state index is 0.0721. The van der Waals surface area contributed by atoms with Gasteiger partial charge in [-0.15, -0.1) is 0 Å². The number of amidine groups is 1. The molecule has 0 atom stereocenters. The van der Waals surface area contributed by atoms with Gasteiger partial charge < -0.3 is 10.6 Å². The Kier molecular flexibility index (Phi) is 4.74. The van der Waals surface area contributed by atoms with E-state index in [-0.39, 0.29) is 5.84 Å². The van der Waals surface area contributed by atoms with Crippen LogP contribution in [0.1, 0.15) is 11.1 Å². The highest BCUT2D eigenvalue weighted by atomic mass is 79.9. The van der Waals surface area contributed by atoms with E-state index in [1.54, 1.807) is 0 Å². The summed E-state index contributed by atoms with van der Waals surface area (Å²) in [5.74, 6) is 0.0721. The van der Waals surface area contributed by atoms with Crippen molar-refractivity contribution in [2.45, 2.75) is 6.42 Å². The predicted molar refractivity (Wildman–Crippen MR) is 86.4 cm³/mol. The van der Waals surface area contributed by atoms with Crippen LogP contribution in [-0.2, 0) is 6.42 Å². The van der Waals surface area contributed by atoms with Gasteiger partial charge in [0.05, 0.1) is 0 Å². The molecule has 0 saturated heterocycles. The zero-order valence-electron chi connectivity index (χ0n) is 11.3. The molecule has 0 spiro atoms. The number of nitrogen functional groups attached to an aromatic ring is 1. The summed E-state index contributed by atoms with van der Waals surface area (Å²) in [6.45, 7) is 0.913. The third-order valence-electron chi connectivity index (χ3n) is 3.17. The van der Waals surface area contributed by atoms with E-state index in [2.05, 4.69) is 32.9 Å². The molecule has 0 radical (unpaired) electrons. The molecule has 0 aliphatic carbocycles. The number of anilines is 1. The maximum atomic E-state index is 7.48. The van der Waals surface area contributed by atoms with Crippen molar-refractivity contribution < 1.29 is 0 Å². The van der Waals surface area contributed by atoms with E-state index in [1.165, 1.54) is 5.56 Å². The topological polar surface area (TPSA) is 66.0 Å². The molecule has 0 amide bonds. The average molecular weight is 333 g/mol. The summed E-state index contributed by atoms with van der Waals surface area (Å²) >= 11 is 3.46. The molecule has 0 aliphatic rings. The molecular weight excluding hydrogens is 316 g/mol. The molecular formula is C15H17BrN4. The quantitative estimate of drug-likeness (QED) is 0.653. The fraction of sp³-hybridized carbons (Fsp3) is 0.200. The Morgan fingerprint density at radius 1 is 1.30 bits per heavy atom. The van der Waals surface area contributed by atoms with E-state index >= 15 is 0 Å². The van der Waals surface area contributed by atoms with Gasteiger partial charge in [-0.05, 0) is 58.2 Å². The van der Waals surface area contributed by atoms with Crippen LogP contribution in [0.25, 0.3) is 0 Å². The van der Waals surface area contributed by atoms with Crippen LogP contribution in [0.5, 0.6) is 0 Å². The zero-order valence-corrected chi connectivity index (χ0v) is 12.9. The number of nitrogens with two attached hydrogens (primary N) is 1. The number of aromatic nitrogens is 1. The lowest BCUT2D eigenvalue weighted by Gasteiger charge is -2.20. The van der Waals surface area contributed by atoms with Crippen LogP contribution in [0.4, 0.5) is 5.69 Å². The second kappa shape index (κ2) is 6.52. The first-order chi connectivity index (χ1) is 9.58. The Balaban J connectivity index is 2.04. The third-order valence-corrected chi connectivity index (χ3v) is 3.82. The van der Waals surface area contributed by atoms with Gasteiger partial charge >= 0.3 is 0 Å². The van der Waals surface area contributed by atoms with Crippen molar-refractivity contribution in [1.29, 1.82) is 5.41 Å². The molecule has 2 rings (SSSR count). The third kappa shape index (κ3) is 3.57. The Morgan fingerprint density at radius 3 is 2.60 bits per heavy atom. The molecule has 0 bridgehead atoms. The fourth-order valence-electron chi connectivity index (χ4n) is 1.94. The van der Waals surface area contributed by atoms with Crippen molar-refractivity contribution in [3.05, 3.63) is 58.3 Å². The van der Waals surface area contributed by atoms with E-state index in [0.717, 1.165) is 28.7 Å². The highest BCUT2D eigenvalue weighted by molar-refractivity contribution is 9.10. The summed E-state index contributed by atoms with van der Waals surface area (Å²) in [7, 11) is 2.05. The van der Waals surface area contributed by atoms with E-state index in [1.807, 2.05) is 42.7 Å². The van der Waals surface area contributed by atoms with Crippen LogP contribution in [0.3, 0.4) is 0 Å². The molecule has 0 saturated carbocycles. The second-order valence-electron chi connectivity index (χ2n) is 4.60. The minimum atomic E-state index is 0.0721. The maximum Gasteiger partial charge on any atom is 0.123 e. The van der Waals surface area contributed by atoms with E-state index in [9.17, 15) is 0 Å². The summed E-state index contributed by atoms with van der Waals surface area (Å²) in [4.78, 5) is 6.19. The molecule has 3 N–H and O–H groups in total. The molecule has 1 heterocycles. The van der Waals surface area contributed by atoms with Crippen LogP contribution in [0.15, 0.2) is 47.2 Å². The number of nitrogens with zero attached hydrogens (tertiary/aromatic N) is 2. The van der Waals surface area contributed by atoms with Gasteiger partial charge in [0.15, 0.2) is 0 Å². The standard InChI is InChI=1S/C15H17BrN4/c1-20(9-6-11-4-7-19-8-5-11)12-2-3-13(15(17)18)14(16)10-12/h2-5,7-8,10H,6,9H2,1H3,(H3,17,18). The molecule has 1 aromatic heterocycles. The van der Waals surface area contributed by atoms with E-state index in [0.29, 0.717) is 0 Å². The zero-order chi connectivity index (χ0) is 14.5. The van der Waals surface area contributed by atoms with Crippen molar-refractivity contribution in [2.24, 2.45) is 5.73 Å². The summed E-state index contributed by atoms with van der Waals surface area (Å²) in [5, 5.41) is 7.48. The SMILES string of the molecule is CN(CCc1ccncc1)c1ccc(C(=N)N)c(Br)c1. The minimum Gasteiger partial charge on any atom is -0.384 e. The van der Waals surface area contributed by atoms with Gasteiger partial charge in [-0.1, -0.05) is 0 Å². The summed E-state index contributed by atoms with van der Waals surface area (Å²) < 4.78 is 0.846. The molecule has 0 fully saturated rings. The van der Waals surface area contributed by atoms with Crippen molar-refractivity contribution in [2.75, 3.05) is 18.5 Å². The van der Waals surface area contributed by atoms with Crippen LogP contribution in [0, 0.1) is 5.41 Å². The number of nitrogens with one attached hydrogen (secondary N) is 1. The number of halogens is 1. The maximum absolute atomic E-state index is 7.48. The lowest BCUT2D eigenvalue weighted by molar-refractivity contribution is 0.874. The van der Waals surface area contributed by atoms with Crippen LogP contribution in [-0.4, -0.2) is 24.4 Å². The summed E-state index contributed by atoms with van der Waals surface area (Å²) in [6.07, 6.45) is 4.59. The Hall–Kier alpha value is -1.88. The number of hydrogen-bond acceptors (Lipinski definition) is 3. The van der Waals surface area contributed by atoms with Gasteiger partial charge in [-0.3, -0.25) is 10.4 Å². The van der Waals surface area contributed by atoms with Crippen LogP contribution >= 0.6 is 15.9 Å². The average Bonchev–Trinajstić information content (AvgIpc) is 2.45. The number of likely N-dealkylation sites (N-methyl/N-ethyl adjacent to an activating group) is 1. The monoisotopic (exact) mass is 332 g/mol.